The van der Waals surface area contributed by atoms with Crippen molar-refractivity contribution in [2.75, 3.05) is 13.2 Å². The first-order valence-electron chi connectivity index (χ1n) is 9.71. The Balaban J connectivity index is 1.84. The van der Waals surface area contributed by atoms with Gasteiger partial charge in [-0.15, -0.1) is 0 Å². The number of nitrogens with zero attached hydrogens (tertiary/aromatic N) is 2. The lowest BCUT2D eigenvalue weighted by Gasteiger charge is -2.23. The molecule has 2 aromatic carbocycles. The van der Waals surface area contributed by atoms with E-state index in [0.717, 1.165) is 18.4 Å². The lowest BCUT2D eigenvalue weighted by molar-refractivity contribution is 0.0954. The number of nitriles is 1. The van der Waals surface area contributed by atoms with Crippen LogP contribution in [0.2, 0.25) is 5.02 Å². The molecule has 2 aromatic rings. The number of aryl methyl sites for hydroxylation is 1. The van der Waals surface area contributed by atoms with Gasteiger partial charge in [-0.05, 0) is 55.5 Å². The summed E-state index contributed by atoms with van der Waals surface area (Å²) in [5.41, 5.74) is 1.48. The molecule has 3 rings (SSSR count). The van der Waals surface area contributed by atoms with Crippen molar-refractivity contribution in [3.05, 3.63) is 76.2 Å². The third-order valence-electron chi connectivity index (χ3n) is 5.00. The average Bonchev–Trinajstić information content (AvgIpc) is 2.95. The molecule has 1 heterocycles. The first-order valence-corrected chi connectivity index (χ1v) is 11.5. The first kappa shape index (κ1) is 22.2. The molecule has 0 radical (unpaired) electrons. The maximum atomic E-state index is 13.2. The maximum Gasteiger partial charge on any atom is 0.293 e. The summed E-state index contributed by atoms with van der Waals surface area (Å²) in [6, 6.07) is 15.2. The third-order valence-corrected chi connectivity index (χ3v) is 7.19. The monoisotopic (exact) mass is 446 g/mol. The number of aliphatic hydroxyl groups is 1. The molecule has 0 saturated carbocycles. The summed E-state index contributed by atoms with van der Waals surface area (Å²) in [4.78, 5) is 0.157. The molecule has 0 bridgehead atoms. The first-order chi connectivity index (χ1) is 14.4. The molecule has 0 spiro atoms. The van der Waals surface area contributed by atoms with Crippen LogP contribution in [0.15, 0.2) is 64.9 Å². The van der Waals surface area contributed by atoms with Crippen molar-refractivity contribution in [2.45, 2.75) is 37.1 Å². The molecule has 1 atom stereocenters. The van der Waals surface area contributed by atoms with Crippen LogP contribution in [0.4, 0.5) is 0 Å². The van der Waals surface area contributed by atoms with E-state index in [1.165, 1.54) is 10.4 Å². The van der Waals surface area contributed by atoms with Gasteiger partial charge in [-0.3, -0.25) is 0 Å². The van der Waals surface area contributed by atoms with Gasteiger partial charge >= 0.3 is 0 Å². The molecule has 0 aliphatic carbocycles. The predicted molar refractivity (Wildman–Crippen MR) is 114 cm³/mol. The Morgan fingerprint density at radius 2 is 1.90 bits per heavy atom. The minimum Gasteiger partial charge on any atom is -0.480 e. The Labute approximate surface area is 182 Å². The van der Waals surface area contributed by atoms with Crippen LogP contribution in [-0.2, 0) is 21.2 Å². The number of unbranched alkanes of at least 4 members (excludes halogenated alkanes) is 1. The third kappa shape index (κ3) is 4.46. The molecular weight excluding hydrogens is 424 g/mol. The van der Waals surface area contributed by atoms with E-state index in [0.29, 0.717) is 17.0 Å². The van der Waals surface area contributed by atoms with Crippen LogP contribution in [-0.4, -0.2) is 31.0 Å². The molecule has 1 unspecified atom stereocenters. The number of hydrogen-bond donors (Lipinski definition) is 1. The van der Waals surface area contributed by atoms with Crippen molar-refractivity contribution >= 4 is 21.6 Å². The molecule has 0 amide bonds. The van der Waals surface area contributed by atoms with Crippen LogP contribution in [0.3, 0.4) is 0 Å². The molecule has 0 fully saturated rings. The zero-order valence-electron chi connectivity index (χ0n) is 16.6. The smallest absolute Gasteiger partial charge is 0.293 e. The molecule has 1 aliphatic rings. The summed E-state index contributed by atoms with van der Waals surface area (Å²) in [6.45, 7) is 2.07. The summed E-state index contributed by atoms with van der Waals surface area (Å²) in [6.07, 6.45) is 2.15. The fourth-order valence-corrected chi connectivity index (χ4v) is 5.57. The number of ether oxygens (including phenoxy) is 1. The molecular formula is C22H23ClN2O4S. The van der Waals surface area contributed by atoms with E-state index < -0.39 is 22.0 Å². The van der Waals surface area contributed by atoms with Gasteiger partial charge in [0.2, 0.25) is 10.0 Å². The van der Waals surface area contributed by atoms with Gasteiger partial charge in [-0.2, -0.15) is 9.57 Å². The largest absolute Gasteiger partial charge is 0.480 e. The second kappa shape index (κ2) is 9.52. The van der Waals surface area contributed by atoms with Gasteiger partial charge in [0, 0.05) is 11.6 Å². The fraction of sp³-hybridized carbons (Fsp3) is 0.318. The number of aliphatic hydroxyl groups excluding tert-OH is 1. The second-order valence-electron chi connectivity index (χ2n) is 6.90. The molecule has 0 saturated heterocycles. The quantitative estimate of drug-likeness (QED) is 0.359. The van der Waals surface area contributed by atoms with Crippen LogP contribution >= 0.6 is 11.6 Å². The van der Waals surface area contributed by atoms with E-state index in [1.807, 2.05) is 30.3 Å². The van der Waals surface area contributed by atoms with Crippen LogP contribution < -0.4 is 0 Å². The van der Waals surface area contributed by atoms with E-state index in [-0.39, 0.29) is 23.6 Å². The van der Waals surface area contributed by atoms with E-state index in [1.54, 1.807) is 25.1 Å². The van der Waals surface area contributed by atoms with Crippen molar-refractivity contribution in [2.24, 2.45) is 0 Å². The van der Waals surface area contributed by atoms with Gasteiger partial charge in [-0.1, -0.05) is 41.9 Å². The number of fused-ring (bicyclic) bond motifs is 1. The highest BCUT2D eigenvalue weighted by atomic mass is 35.5. The van der Waals surface area contributed by atoms with E-state index in [9.17, 15) is 18.8 Å². The summed E-state index contributed by atoms with van der Waals surface area (Å²) in [5, 5.41) is 20.6. The molecule has 1 N–H and O–H groups in total. The number of halogens is 1. The summed E-state index contributed by atoms with van der Waals surface area (Å²) >= 11 is 5.91. The van der Waals surface area contributed by atoms with Gasteiger partial charge in [0.25, 0.3) is 5.95 Å². The number of rotatable bonds is 8. The molecule has 8 heteroatoms. The van der Waals surface area contributed by atoms with Crippen LogP contribution in [0.25, 0.3) is 0 Å². The Kier molecular flexibility index (Phi) is 7.03. The normalized spacial score (nSPS) is 18.4. The van der Waals surface area contributed by atoms with E-state index >= 15 is 0 Å². The SMILES string of the molecule is CCO/C(O)=C(/C#N)C1c2ccccc2S(=O)(=O)N1CCCCc1ccc(Cl)cc1. The van der Waals surface area contributed by atoms with E-state index in [4.69, 9.17) is 16.3 Å². The lowest BCUT2D eigenvalue weighted by Crippen LogP contribution is -2.31. The molecule has 30 heavy (non-hydrogen) atoms. The molecule has 1 aliphatic heterocycles. The topological polar surface area (TPSA) is 90.6 Å². The Bertz CT molecular complexity index is 1080. The van der Waals surface area contributed by atoms with Crippen molar-refractivity contribution in [1.29, 1.82) is 5.26 Å². The maximum absolute atomic E-state index is 13.2. The zero-order valence-corrected chi connectivity index (χ0v) is 18.2. The predicted octanol–water partition coefficient (Wildman–Crippen LogP) is 4.74. The van der Waals surface area contributed by atoms with Gasteiger partial charge < -0.3 is 9.84 Å². The molecule has 0 aromatic heterocycles. The highest BCUT2D eigenvalue weighted by Gasteiger charge is 2.45. The molecule has 6 nitrogen and oxygen atoms in total. The Morgan fingerprint density at radius 1 is 1.20 bits per heavy atom. The highest BCUT2D eigenvalue weighted by molar-refractivity contribution is 7.89. The van der Waals surface area contributed by atoms with Gasteiger partial charge in [0.1, 0.15) is 11.6 Å². The van der Waals surface area contributed by atoms with Crippen LogP contribution in [0, 0.1) is 11.3 Å². The highest BCUT2D eigenvalue weighted by Crippen LogP contribution is 2.44. The second-order valence-corrected chi connectivity index (χ2v) is 9.20. The van der Waals surface area contributed by atoms with Gasteiger partial charge in [0.15, 0.2) is 0 Å². The van der Waals surface area contributed by atoms with Crippen molar-refractivity contribution in [1.82, 2.24) is 4.31 Å². The Morgan fingerprint density at radius 3 is 2.57 bits per heavy atom. The van der Waals surface area contributed by atoms with Crippen molar-refractivity contribution in [3.63, 3.8) is 0 Å². The average molecular weight is 447 g/mol. The van der Waals surface area contributed by atoms with Crippen LogP contribution in [0.5, 0.6) is 0 Å². The van der Waals surface area contributed by atoms with Gasteiger partial charge in [0.05, 0.1) is 17.5 Å². The zero-order chi connectivity index (χ0) is 21.7. The van der Waals surface area contributed by atoms with Gasteiger partial charge in [-0.25, -0.2) is 8.42 Å². The van der Waals surface area contributed by atoms with Crippen molar-refractivity contribution < 1.29 is 18.3 Å². The standard InChI is InChI=1S/C22H23ClN2O4S/c1-2-29-22(26)19(15-24)21-18-8-3-4-9-20(18)30(27,28)25(21)14-6-5-7-16-10-12-17(23)13-11-16/h3-4,8-13,21,26H,2,5-7,14H2,1H3/b22-19-. The minimum atomic E-state index is -3.79. The summed E-state index contributed by atoms with van der Waals surface area (Å²) in [5.74, 6) is -0.539. The Hall–Kier alpha value is -2.53. The summed E-state index contributed by atoms with van der Waals surface area (Å²) in [7, 11) is -3.79. The molecule has 158 valence electrons. The number of sulfonamides is 1. The van der Waals surface area contributed by atoms with Crippen molar-refractivity contribution in [3.8, 4) is 6.07 Å². The minimum absolute atomic E-state index is 0.108. The van der Waals surface area contributed by atoms with E-state index in [2.05, 4.69) is 0 Å². The summed E-state index contributed by atoms with van der Waals surface area (Å²) < 4.78 is 32.7. The fourth-order valence-electron chi connectivity index (χ4n) is 3.60. The lowest BCUT2D eigenvalue weighted by atomic mass is 9.99. The number of hydrogen-bond acceptors (Lipinski definition) is 5. The van der Waals surface area contributed by atoms with Crippen LogP contribution in [0.1, 0.15) is 36.9 Å². The number of benzene rings is 2.